The molecule has 3 nitrogen and oxygen atoms in total. The molecule has 0 saturated carbocycles. The first-order chi connectivity index (χ1) is 12.1. The number of ketones is 2. The van der Waals surface area contributed by atoms with Gasteiger partial charge in [0.05, 0.1) is 15.6 Å². The van der Waals surface area contributed by atoms with Gasteiger partial charge in [0.2, 0.25) is 11.6 Å². The van der Waals surface area contributed by atoms with E-state index in [4.69, 9.17) is 4.74 Å². The van der Waals surface area contributed by atoms with E-state index in [0.717, 1.165) is 37.2 Å². The molecule has 0 atom stereocenters. The van der Waals surface area contributed by atoms with Crippen molar-refractivity contribution in [3.63, 3.8) is 0 Å². The smallest absolute Gasteiger partial charge is 0.201 e. The summed E-state index contributed by atoms with van der Waals surface area (Å²) in [4.78, 5) is 27.2. The van der Waals surface area contributed by atoms with Crippen LogP contribution in [0.1, 0.15) is 53.3 Å². The van der Waals surface area contributed by atoms with Crippen LogP contribution in [0.5, 0.6) is 0 Å². The molecule has 5 rings (SSSR count). The number of fused-ring (bicyclic) bond motifs is 2. The van der Waals surface area contributed by atoms with E-state index in [9.17, 15) is 9.59 Å². The Balaban J connectivity index is 1.62. The van der Waals surface area contributed by atoms with Crippen LogP contribution in [0.4, 0.5) is 0 Å². The Morgan fingerprint density at radius 1 is 0.960 bits per heavy atom. The van der Waals surface area contributed by atoms with Crippen LogP contribution in [0.15, 0.2) is 57.2 Å². The minimum atomic E-state index is -0.393. The lowest BCUT2D eigenvalue weighted by atomic mass is 9.93. The maximum Gasteiger partial charge on any atom is 0.201 e. The molecule has 0 amide bonds. The average Bonchev–Trinajstić information content (AvgIpc) is 3.00. The van der Waals surface area contributed by atoms with Crippen molar-refractivity contribution in [1.82, 2.24) is 0 Å². The van der Waals surface area contributed by atoms with E-state index in [2.05, 4.69) is 6.08 Å². The van der Waals surface area contributed by atoms with Crippen LogP contribution in [0.3, 0.4) is 0 Å². The van der Waals surface area contributed by atoms with Crippen LogP contribution in [-0.2, 0) is 4.74 Å². The molecule has 126 valence electrons. The third-order valence-electron chi connectivity index (χ3n) is 5.06. The van der Waals surface area contributed by atoms with E-state index in [0.29, 0.717) is 20.9 Å². The van der Waals surface area contributed by atoms with Gasteiger partial charge in [-0.25, -0.2) is 0 Å². The van der Waals surface area contributed by atoms with Crippen molar-refractivity contribution in [3.8, 4) is 0 Å². The maximum absolute atomic E-state index is 13.0. The van der Waals surface area contributed by atoms with Crippen molar-refractivity contribution < 1.29 is 14.3 Å². The molecular weight excluding hydrogens is 352 g/mol. The number of hydrogen-bond acceptors (Lipinski definition) is 5. The Kier molecular flexibility index (Phi) is 3.35. The summed E-state index contributed by atoms with van der Waals surface area (Å²) in [5.41, 5.74) is 2.31. The van der Waals surface area contributed by atoms with Crippen LogP contribution in [0.2, 0.25) is 0 Å². The molecule has 1 spiro atoms. The number of hydrogen-bond donors (Lipinski definition) is 0. The molecule has 0 aromatic heterocycles. The number of thioether (sulfide) groups is 2. The van der Waals surface area contributed by atoms with Gasteiger partial charge in [0.15, 0.2) is 0 Å². The Labute approximate surface area is 154 Å². The number of carbonyl (C=O) groups is 2. The molecule has 0 N–H and O–H groups in total. The van der Waals surface area contributed by atoms with E-state index in [1.807, 2.05) is 19.1 Å². The molecular formula is C20H16O3S2. The van der Waals surface area contributed by atoms with Crippen molar-refractivity contribution in [2.75, 3.05) is 0 Å². The summed E-state index contributed by atoms with van der Waals surface area (Å²) in [6.45, 7) is 1.96. The average molecular weight is 368 g/mol. The van der Waals surface area contributed by atoms with Gasteiger partial charge >= 0.3 is 0 Å². The van der Waals surface area contributed by atoms with Crippen LogP contribution in [0, 0.1) is 0 Å². The third-order valence-corrected chi connectivity index (χ3v) is 8.21. The number of Topliss-reactive ketones (excluding diaryl/α,β-unsaturated/α-hetero) is 2. The fourth-order valence-corrected chi connectivity index (χ4v) is 7.39. The number of rotatable bonds is 0. The summed E-state index contributed by atoms with van der Waals surface area (Å²) in [5, 5.41) is 0. The van der Waals surface area contributed by atoms with Crippen molar-refractivity contribution >= 4 is 35.1 Å². The Hall–Kier alpha value is -1.72. The second kappa shape index (κ2) is 5.39. The summed E-state index contributed by atoms with van der Waals surface area (Å²) in [6.07, 6.45) is 6.26. The zero-order chi connectivity index (χ0) is 17.2. The first-order valence-corrected chi connectivity index (χ1v) is 10.1. The van der Waals surface area contributed by atoms with Crippen molar-refractivity contribution in [2.45, 2.75) is 36.7 Å². The second-order valence-electron chi connectivity index (χ2n) is 6.70. The molecule has 1 aromatic carbocycles. The molecule has 1 aromatic rings. The van der Waals surface area contributed by atoms with Gasteiger partial charge in [-0.3, -0.25) is 9.59 Å². The monoisotopic (exact) mass is 368 g/mol. The van der Waals surface area contributed by atoms with Crippen molar-refractivity contribution in [3.05, 3.63) is 68.4 Å². The van der Waals surface area contributed by atoms with Crippen molar-refractivity contribution in [1.29, 1.82) is 0 Å². The lowest BCUT2D eigenvalue weighted by Crippen LogP contribution is -2.27. The Morgan fingerprint density at radius 3 is 2.20 bits per heavy atom. The topological polar surface area (TPSA) is 43.4 Å². The molecule has 2 heterocycles. The summed E-state index contributed by atoms with van der Waals surface area (Å²) in [5.74, 6) is 1.87. The summed E-state index contributed by atoms with van der Waals surface area (Å²) >= 11 is 3.08. The van der Waals surface area contributed by atoms with E-state index in [1.54, 1.807) is 35.7 Å². The molecule has 0 unspecified atom stereocenters. The van der Waals surface area contributed by atoms with Gasteiger partial charge in [-0.1, -0.05) is 47.8 Å². The maximum atomic E-state index is 13.0. The van der Waals surface area contributed by atoms with E-state index < -0.39 is 4.08 Å². The lowest BCUT2D eigenvalue weighted by molar-refractivity contribution is 0.0988. The van der Waals surface area contributed by atoms with E-state index in [1.165, 1.54) is 5.57 Å². The Morgan fingerprint density at radius 2 is 1.56 bits per heavy atom. The van der Waals surface area contributed by atoms with Gasteiger partial charge in [0.1, 0.15) is 9.84 Å². The molecule has 0 saturated heterocycles. The third kappa shape index (κ3) is 2.15. The minimum Gasteiger partial charge on any atom is -0.467 e. The highest BCUT2D eigenvalue weighted by Crippen LogP contribution is 2.64. The predicted molar refractivity (Wildman–Crippen MR) is 100 cm³/mol. The van der Waals surface area contributed by atoms with Gasteiger partial charge in [0.25, 0.3) is 0 Å². The molecule has 4 aliphatic rings. The molecule has 5 heteroatoms. The summed E-state index contributed by atoms with van der Waals surface area (Å²) in [6, 6.07) is 7.15. The van der Waals surface area contributed by atoms with Crippen LogP contribution < -0.4 is 0 Å². The predicted octanol–water partition coefficient (Wildman–Crippen LogP) is 5.22. The van der Waals surface area contributed by atoms with E-state index >= 15 is 0 Å². The normalized spacial score (nSPS) is 24.0. The van der Waals surface area contributed by atoms with Crippen LogP contribution >= 0.6 is 23.5 Å². The quantitative estimate of drug-likeness (QED) is 0.628. The molecule has 0 fully saturated rings. The summed E-state index contributed by atoms with van der Waals surface area (Å²) in [7, 11) is 0. The highest BCUT2D eigenvalue weighted by molar-refractivity contribution is 8.26. The number of benzene rings is 1. The second-order valence-corrected chi connectivity index (χ2v) is 9.47. The number of ether oxygens (including phenoxy) is 1. The summed E-state index contributed by atoms with van der Waals surface area (Å²) < 4.78 is 5.58. The first kappa shape index (κ1) is 15.5. The highest BCUT2D eigenvalue weighted by atomic mass is 32.2. The highest BCUT2D eigenvalue weighted by Gasteiger charge is 2.51. The van der Waals surface area contributed by atoms with Gasteiger partial charge in [-0.15, -0.1) is 0 Å². The molecule has 2 aliphatic heterocycles. The van der Waals surface area contributed by atoms with Crippen LogP contribution in [0.25, 0.3) is 0 Å². The zero-order valence-corrected chi connectivity index (χ0v) is 15.4. The Bertz CT molecular complexity index is 889. The standard InChI is InChI=1S/C20H16O3S2/c1-11-10-20(14-8-4-5-9-15(14)23-11)24-18-16(21)12-6-2-3-7-13(12)17(22)19(18)25-20/h2-3,6-7,10H,4-5,8-9H2,1H3. The van der Waals surface area contributed by atoms with Gasteiger partial charge in [-0.05, 0) is 37.8 Å². The number of allylic oxidation sites excluding steroid dienone is 4. The first-order valence-electron chi connectivity index (χ1n) is 8.49. The number of carbonyl (C=O) groups excluding carboxylic acids is 2. The van der Waals surface area contributed by atoms with Gasteiger partial charge in [-0.2, -0.15) is 0 Å². The fourth-order valence-electron chi connectivity index (χ4n) is 3.96. The zero-order valence-electron chi connectivity index (χ0n) is 13.8. The van der Waals surface area contributed by atoms with Gasteiger partial charge in [0, 0.05) is 17.5 Å². The van der Waals surface area contributed by atoms with E-state index in [-0.39, 0.29) is 11.6 Å². The molecule has 25 heavy (non-hydrogen) atoms. The molecule has 0 bridgehead atoms. The fraction of sp³-hybridized carbons (Fsp3) is 0.300. The lowest BCUT2D eigenvalue weighted by Gasteiger charge is -2.36. The SMILES string of the molecule is CC1=CC2(SC3=C(S2)C(=O)c2ccccc2C3=O)C2=C(CCCC2)O1. The van der Waals surface area contributed by atoms with Crippen molar-refractivity contribution in [2.24, 2.45) is 0 Å². The van der Waals surface area contributed by atoms with Crippen LogP contribution in [-0.4, -0.2) is 15.6 Å². The molecule has 0 radical (unpaired) electrons. The molecule has 2 aliphatic carbocycles. The minimum absolute atomic E-state index is 0.0184. The van der Waals surface area contributed by atoms with Gasteiger partial charge < -0.3 is 4.74 Å². The largest absolute Gasteiger partial charge is 0.467 e.